The number of carbonyl (C=O) groups excluding carboxylic acids is 2. The molecule has 0 saturated heterocycles. The molecule has 21 heavy (non-hydrogen) atoms. The third-order valence-corrected chi connectivity index (χ3v) is 2.99. The molecule has 5 nitrogen and oxygen atoms in total. The summed E-state index contributed by atoms with van der Waals surface area (Å²) in [5.41, 5.74) is 0.536. The zero-order valence-electron chi connectivity index (χ0n) is 11.7. The van der Waals surface area contributed by atoms with Gasteiger partial charge in [0.1, 0.15) is 18.2 Å². The zero-order valence-corrected chi connectivity index (χ0v) is 12.4. The van der Waals surface area contributed by atoms with Crippen molar-refractivity contribution in [1.29, 1.82) is 5.26 Å². The van der Waals surface area contributed by atoms with Crippen LogP contribution in [-0.4, -0.2) is 32.1 Å². The van der Waals surface area contributed by atoms with Crippen molar-refractivity contribution in [1.82, 2.24) is 0 Å². The summed E-state index contributed by atoms with van der Waals surface area (Å²) in [4.78, 5) is 23.4. The van der Waals surface area contributed by atoms with Gasteiger partial charge in [0, 0.05) is 7.11 Å². The maximum Gasteiger partial charge on any atom is 0.341 e. The molecule has 0 bridgehead atoms. The van der Waals surface area contributed by atoms with E-state index >= 15 is 0 Å². The minimum absolute atomic E-state index is 0.0475. The second-order valence-electron chi connectivity index (χ2n) is 4.06. The molecule has 0 amide bonds. The molecule has 0 aliphatic heterocycles. The molecule has 1 aromatic carbocycles. The van der Waals surface area contributed by atoms with E-state index in [1.54, 1.807) is 18.2 Å². The fourth-order valence-corrected chi connectivity index (χ4v) is 1.73. The maximum atomic E-state index is 11.9. The van der Waals surface area contributed by atoms with Gasteiger partial charge in [-0.3, -0.25) is 4.79 Å². The molecule has 0 unspecified atom stereocenters. The van der Waals surface area contributed by atoms with Crippen molar-refractivity contribution in [3.8, 4) is 6.07 Å². The number of rotatable bonds is 6. The molecule has 110 valence electrons. The van der Waals surface area contributed by atoms with E-state index in [1.807, 2.05) is 6.07 Å². The number of methoxy groups -OCH3 is 1. The average molecular weight is 308 g/mol. The zero-order chi connectivity index (χ0) is 15.8. The highest BCUT2D eigenvalue weighted by atomic mass is 35.5. The Morgan fingerprint density at radius 3 is 2.67 bits per heavy atom. The van der Waals surface area contributed by atoms with E-state index in [0.29, 0.717) is 5.56 Å². The average Bonchev–Trinajstić information content (AvgIpc) is 2.45. The molecule has 0 radical (unpaired) electrons. The predicted molar refractivity (Wildman–Crippen MR) is 77.7 cm³/mol. The maximum absolute atomic E-state index is 11.9. The van der Waals surface area contributed by atoms with Crippen LogP contribution in [0.5, 0.6) is 0 Å². The van der Waals surface area contributed by atoms with Crippen molar-refractivity contribution < 1.29 is 19.1 Å². The molecular formula is C15H14ClNO4. The first-order valence-electron chi connectivity index (χ1n) is 6.08. The summed E-state index contributed by atoms with van der Waals surface area (Å²) >= 11 is 6.04. The van der Waals surface area contributed by atoms with Gasteiger partial charge < -0.3 is 9.47 Å². The Morgan fingerprint density at radius 2 is 2.10 bits per heavy atom. The van der Waals surface area contributed by atoms with Crippen LogP contribution in [0.25, 0.3) is 6.08 Å². The van der Waals surface area contributed by atoms with Crippen LogP contribution in [0.4, 0.5) is 0 Å². The number of nitriles is 1. The van der Waals surface area contributed by atoms with Gasteiger partial charge in [-0.25, -0.2) is 4.79 Å². The number of halogens is 1. The van der Waals surface area contributed by atoms with E-state index in [1.165, 1.54) is 20.1 Å². The lowest BCUT2D eigenvalue weighted by molar-refractivity contribution is -0.141. The van der Waals surface area contributed by atoms with Crippen LogP contribution in [0, 0.1) is 11.3 Å². The van der Waals surface area contributed by atoms with Gasteiger partial charge in [0.05, 0.1) is 17.2 Å². The number of hydrogen-bond donors (Lipinski definition) is 0. The van der Waals surface area contributed by atoms with Crippen molar-refractivity contribution in [3.05, 3.63) is 39.9 Å². The first kappa shape index (κ1) is 16.9. The Kier molecular flexibility index (Phi) is 6.60. The van der Waals surface area contributed by atoms with Gasteiger partial charge in [0.15, 0.2) is 5.78 Å². The summed E-state index contributed by atoms with van der Waals surface area (Å²) in [7, 11) is 1.47. The number of nitrogens with zero attached hydrogens (tertiary/aromatic N) is 1. The Balaban J connectivity index is 3.09. The molecule has 0 spiro atoms. The summed E-state index contributed by atoms with van der Waals surface area (Å²) < 4.78 is 9.67. The third kappa shape index (κ3) is 4.71. The van der Waals surface area contributed by atoms with Gasteiger partial charge in [0.25, 0.3) is 0 Å². The summed E-state index contributed by atoms with van der Waals surface area (Å²) in [6.45, 7) is 1.54. The lowest BCUT2D eigenvalue weighted by Crippen LogP contribution is -2.16. The largest absolute Gasteiger partial charge is 0.460 e. The van der Waals surface area contributed by atoms with Crippen molar-refractivity contribution in [2.45, 2.75) is 6.92 Å². The van der Waals surface area contributed by atoms with Crippen molar-refractivity contribution in [2.75, 3.05) is 20.3 Å². The lowest BCUT2D eigenvalue weighted by Gasteiger charge is -2.07. The number of carbonyl (C=O) groups is 2. The van der Waals surface area contributed by atoms with Crippen molar-refractivity contribution in [2.24, 2.45) is 0 Å². The summed E-state index contributed by atoms with van der Waals surface area (Å²) in [6.07, 6.45) is 1.32. The van der Waals surface area contributed by atoms with E-state index in [-0.39, 0.29) is 29.4 Å². The van der Waals surface area contributed by atoms with E-state index < -0.39 is 11.8 Å². The van der Waals surface area contributed by atoms with Gasteiger partial charge in [-0.2, -0.15) is 5.26 Å². The fourth-order valence-electron chi connectivity index (χ4n) is 1.50. The Bertz CT molecular complexity index is 617. The van der Waals surface area contributed by atoms with Gasteiger partial charge in [0.2, 0.25) is 0 Å². The second-order valence-corrected chi connectivity index (χ2v) is 4.44. The smallest absolute Gasteiger partial charge is 0.341 e. The minimum atomic E-state index is -0.752. The van der Waals surface area contributed by atoms with Crippen LogP contribution in [-0.2, 0) is 19.1 Å². The lowest BCUT2D eigenvalue weighted by atomic mass is 10.1. The summed E-state index contributed by atoms with van der Waals surface area (Å²) in [5.74, 6) is -1.20. The minimum Gasteiger partial charge on any atom is -0.460 e. The molecule has 0 N–H and O–H groups in total. The molecule has 0 fully saturated rings. The SMILES string of the molecule is COCCOC(=O)/C(=C/c1cccc(C#N)c1Cl)C(C)=O. The standard InChI is InChI=1S/C15H14ClNO4/c1-10(18)13(15(19)21-7-6-20-2)8-11-4-3-5-12(9-17)14(11)16/h3-5,8H,6-7H2,1-2H3/b13-8+. The van der Waals surface area contributed by atoms with E-state index in [9.17, 15) is 9.59 Å². The number of ether oxygens (including phenoxy) is 2. The Morgan fingerprint density at radius 1 is 1.38 bits per heavy atom. The van der Waals surface area contributed by atoms with Gasteiger partial charge >= 0.3 is 5.97 Å². The van der Waals surface area contributed by atoms with Gasteiger partial charge in [-0.1, -0.05) is 23.7 Å². The fraction of sp³-hybridized carbons (Fsp3) is 0.267. The van der Waals surface area contributed by atoms with Gasteiger partial charge in [-0.05, 0) is 24.6 Å². The molecular weight excluding hydrogens is 294 g/mol. The monoisotopic (exact) mass is 307 g/mol. The third-order valence-electron chi connectivity index (χ3n) is 2.57. The van der Waals surface area contributed by atoms with Gasteiger partial charge in [-0.15, -0.1) is 0 Å². The van der Waals surface area contributed by atoms with Crippen LogP contribution in [0.2, 0.25) is 5.02 Å². The molecule has 0 atom stereocenters. The summed E-state index contributed by atoms with van der Waals surface area (Å²) in [6, 6.07) is 6.70. The van der Waals surface area contributed by atoms with Crippen LogP contribution in [0.3, 0.4) is 0 Å². The quantitative estimate of drug-likeness (QED) is 0.265. The molecule has 0 aliphatic rings. The number of esters is 1. The number of Topliss-reactive ketones (excluding diaryl/α,β-unsaturated/α-hetero) is 1. The normalized spacial score (nSPS) is 10.9. The Hall–Kier alpha value is -2.16. The molecule has 0 saturated carbocycles. The first-order valence-corrected chi connectivity index (χ1v) is 6.46. The molecule has 0 aromatic heterocycles. The molecule has 0 heterocycles. The number of benzene rings is 1. The highest BCUT2D eigenvalue weighted by molar-refractivity contribution is 6.33. The van der Waals surface area contributed by atoms with E-state index in [0.717, 1.165) is 0 Å². The molecule has 1 rings (SSSR count). The number of ketones is 1. The highest BCUT2D eigenvalue weighted by Gasteiger charge is 2.17. The first-order chi connectivity index (χ1) is 10.0. The Labute approximate surface area is 127 Å². The van der Waals surface area contributed by atoms with E-state index in [2.05, 4.69) is 0 Å². The van der Waals surface area contributed by atoms with Crippen LogP contribution < -0.4 is 0 Å². The molecule has 1 aromatic rings. The van der Waals surface area contributed by atoms with Crippen molar-refractivity contribution in [3.63, 3.8) is 0 Å². The topological polar surface area (TPSA) is 76.4 Å². The number of hydrogen-bond acceptors (Lipinski definition) is 5. The molecule has 6 heteroatoms. The highest BCUT2D eigenvalue weighted by Crippen LogP contribution is 2.23. The molecule has 0 aliphatic carbocycles. The van der Waals surface area contributed by atoms with E-state index in [4.69, 9.17) is 26.3 Å². The summed E-state index contributed by atoms with van der Waals surface area (Å²) in [5, 5.41) is 9.09. The van der Waals surface area contributed by atoms with Crippen LogP contribution >= 0.6 is 11.6 Å². The predicted octanol–water partition coefficient (Wildman–Crippen LogP) is 2.37. The second kappa shape index (κ2) is 8.20. The van der Waals surface area contributed by atoms with Crippen LogP contribution in [0.1, 0.15) is 18.1 Å². The van der Waals surface area contributed by atoms with Crippen LogP contribution in [0.15, 0.2) is 23.8 Å². The van der Waals surface area contributed by atoms with Crippen molar-refractivity contribution >= 4 is 29.4 Å².